The van der Waals surface area contributed by atoms with Crippen molar-refractivity contribution in [2.75, 3.05) is 23.9 Å². The van der Waals surface area contributed by atoms with Crippen LogP contribution in [0.15, 0.2) is 85.1 Å². The molecule has 1 saturated heterocycles. The van der Waals surface area contributed by atoms with E-state index in [1.165, 1.54) is 17.0 Å². The number of aryl methyl sites for hydroxylation is 1. The minimum atomic E-state index is -0.0630. The van der Waals surface area contributed by atoms with Gasteiger partial charge in [0.2, 0.25) is 0 Å². The molecule has 4 aromatic rings. The van der Waals surface area contributed by atoms with Crippen molar-refractivity contribution in [3.8, 4) is 5.69 Å². The van der Waals surface area contributed by atoms with Crippen LogP contribution in [0.4, 0.5) is 11.4 Å². The topological polar surface area (TPSA) is 36.3 Å². The molecule has 2 atom stereocenters. The standard InChI is InChI=1S/C28H29N5S/c1-19-18-24(20(2)32(19)22-10-6-5-7-11-22)27-26(25-12-8-9-17-29-25)30-28(34)33(27)23-15-13-21(14-16-23)31(3)4/h5-18,26-27H,1-4H3,(H,30,34)/t26-,27+/m1/s1. The van der Waals surface area contributed by atoms with Gasteiger partial charge >= 0.3 is 0 Å². The van der Waals surface area contributed by atoms with Crippen LogP contribution in [-0.2, 0) is 0 Å². The molecule has 1 aliphatic rings. The van der Waals surface area contributed by atoms with E-state index in [2.05, 4.69) is 108 Å². The normalized spacial score (nSPS) is 17.6. The monoisotopic (exact) mass is 467 g/mol. The molecule has 2 aromatic carbocycles. The molecular formula is C28H29N5S. The number of nitrogens with one attached hydrogen (secondary N) is 1. The summed E-state index contributed by atoms with van der Waals surface area (Å²) in [6.07, 6.45) is 1.85. The average molecular weight is 468 g/mol. The van der Waals surface area contributed by atoms with Gasteiger partial charge in [-0.2, -0.15) is 0 Å². The summed E-state index contributed by atoms with van der Waals surface area (Å²) < 4.78 is 2.32. The third kappa shape index (κ3) is 3.84. The van der Waals surface area contributed by atoms with Crippen LogP contribution in [0, 0.1) is 13.8 Å². The summed E-state index contributed by atoms with van der Waals surface area (Å²) in [6.45, 7) is 4.36. The average Bonchev–Trinajstić information content (AvgIpc) is 3.35. The first-order chi connectivity index (χ1) is 16.5. The summed E-state index contributed by atoms with van der Waals surface area (Å²) in [6, 6.07) is 27.3. The Kier molecular flexibility index (Phi) is 5.84. The maximum absolute atomic E-state index is 5.91. The zero-order chi connectivity index (χ0) is 23.8. The molecule has 34 heavy (non-hydrogen) atoms. The third-order valence-corrected chi connectivity index (χ3v) is 6.86. The molecule has 0 saturated carbocycles. The summed E-state index contributed by atoms with van der Waals surface area (Å²) in [5.74, 6) is 0. The Morgan fingerprint density at radius 1 is 0.882 bits per heavy atom. The zero-order valence-corrected chi connectivity index (χ0v) is 20.8. The van der Waals surface area contributed by atoms with Crippen LogP contribution in [0.2, 0.25) is 0 Å². The van der Waals surface area contributed by atoms with Gasteiger partial charge in [-0.25, -0.2) is 0 Å². The first kappa shape index (κ1) is 22.2. The fourth-order valence-electron chi connectivity index (χ4n) is 4.92. The molecule has 0 aliphatic carbocycles. The number of aromatic nitrogens is 2. The Bertz CT molecular complexity index is 1300. The van der Waals surface area contributed by atoms with E-state index in [-0.39, 0.29) is 12.1 Å². The Hall–Kier alpha value is -3.64. The molecule has 1 aliphatic heterocycles. The highest BCUT2D eigenvalue weighted by molar-refractivity contribution is 7.80. The number of para-hydroxylation sites is 1. The van der Waals surface area contributed by atoms with Gasteiger partial charge in [0.1, 0.15) is 0 Å². The number of hydrogen-bond donors (Lipinski definition) is 1. The number of anilines is 2. The van der Waals surface area contributed by atoms with Gasteiger partial charge < -0.3 is 19.7 Å². The Morgan fingerprint density at radius 2 is 1.59 bits per heavy atom. The lowest BCUT2D eigenvalue weighted by atomic mass is 9.96. The fraction of sp³-hybridized carbons (Fsp3) is 0.214. The zero-order valence-electron chi connectivity index (χ0n) is 19.9. The fourth-order valence-corrected chi connectivity index (χ4v) is 5.27. The predicted molar refractivity (Wildman–Crippen MR) is 144 cm³/mol. The molecule has 0 amide bonds. The van der Waals surface area contributed by atoms with Crippen molar-refractivity contribution in [1.82, 2.24) is 14.9 Å². The van der Waals surface area contributed by atoms with Crippen molar-refractivity contribution >= 4 is 28.7 Å². The van der Waals surface area contributed by atoms with E-state index in [4.69, 9.17) is 17.2 Å². The predicted octanol–water partition coefficient (Wildman–Crippen LogP) is 5.73. The highest BCUT2D eigenvalue weighted by Gasteiger charge is 2.42. The molecular weight excluding hydrogens is 438 g/mol. The molecule has 1 fully saturated rings. The molecule has 5 nitrogen and oxygen atoms in total. The van der Waals surface area contributed by atoms with Gasteiger partial charge in [-0.15, -0.1) is 0 Å². The van der Waals surface area contributed by atoms with Crippen LogP contribution in [0.5, 0.6) is 0 Å². The SMILES string of the molecule is Cc1cc([C@H]2[C@@H](c3ccccn3)NC(=S)N2c2ccc(N(C)C)cc2)c(C)n1-c1ccccc1. The molecule has 0 unspecified atom stereocenters. The highest BCUT2D eigenvalue weighted by Crippen LogP contribution is 2.43. The molecule has 3 heterocycles. The van der Waals surface area contributed by atoms with E-state index in [9.17, 15) is 0 Å². The van der Waals surface area contributed by atoms with Crippen LogP contribution in [-0.4, -0.2) is 28.8 Å². The number of benzene rings is 2. The quantitative estimate of drug-likeness (QED) is 0.379. The van der Waals surface area contributed by atoms with Crippen LogP contribution >= 0.6 is 12.2 Å². The molecule has 0 radical (unpaired) electrons. The van der Waals surface area contributed by atoms with E-state index in [0.717, 1.165) is 22.8 Å². The number of thiocarbonyl (C=S) groups is 1. The van der Waals surface area contributed by atoms with Gasteiger partial charge in [0.15, 0.2) is 5.11 Å². The van der Waals surface area contributed by atoms with Crippen molar-refractivity contribution < 1.29 is 0 Å². The van der Waals surface area contributed by atoms with E-state index in [1.807, 2.05) is 24.4 Å². The van der Waals surface area contributed by atoms with Gasteiger partial charge in [0.25, 0.3) is 0 Å². The maximum atomic E-state index is 5.91. The van der Waals surface area contributed by atoms with Crippen molar-refractivity contribution in [2.24, 2.45) is 0 Å². The number of pyridine rings is 1. The number of rotatable bonds is 5. The lowest BCUT2D eigenvalue weighted by molar-refractivity contribution is 0.565. The summed E-state index contributed by atoms with van der Waals surface area (Å²) in [7, 11) is 4.10. The second-order valence-corrected chi connectivity index (χ2v) is 9.29. The molecule has 0 bridgehead atoms. The first-order valence-corrected chi connectivity index (χ1v) is 11.9. The highest BCUT2D eigenvalue weighted by atomic mass is 32.1. The molecule has 172 valence electrons. The minimum absolute atomic E-state index is 0.0312. The third-order valence-electron chi connectivity index (χ3n) is 6.55. The van der Waals surface area contributed by atoms with Crippen LogP contribution in [0.1, 0.15) is 34.7 Å². The van der Waals surface area contributed by atoms with Crippen molar-refractivity contribution in [3.63, 3.8) is 0 Å². The summed E-state index contributed by atoms with van der Waals surface area (Å²) >= 11 is 5.91. The van der Waals surface area contributed by atoms with E-state index in [0.29, 0.717) is 5.11 Å². The van der Waals surface area contributed by atoms with Gasteiger partial charge in [0.05, 0.1) is 17.8 Å². The van der Waals surface area contributed by atoms with E-state index in [1.54, 1.807) is 0 Å². The summed E-state index contributed by atoms with van der Waals surface area (Å²) in [5.41, 5.74) is 7.99. The molecule has 2 aromatic heterocycles. The lowest BCUT2D eigenvalue weighted by Gasteiger charge is -2.28. The molecule has 1 N–H and O–H groups in total. The molecule has 0 spiro atoms. The smallest absolute Gasteiger partial charge is 0.174 e. The second-order valence-electron chi connectivity index (χ2n) is 8.90. The van der Waals surface area contributed by atoms with Gasteiger partial charge in [-0.05, 0) is 86.2 Å². The largest absolute Gasteiger partial charge is 0.378 e. The maximum Gasteiger partial charge on any atom is 0.174 e. The van der Waals surface area contributed by atoms with E-state index < -0.39 is 0 Å². The summed E-state index contributed by atoms with van der Waals surface area (Å²) in [5, 5.41) is 4.29. The van der Waals surface area contributed by atoms with E-state index >= 15 is 0 Å². The van der Waals surface area contributed by atoms with Crippen molar-refractivity contribution in [1.29, 1.82) is 0 Å². The first-order valence-electron chi connectivity index (χ1n) is 11.5. The lowest BCUT2D eigenvalue weighted by Crippen LogP contribution is -2.29. The Balaban J connectivity index is 1.65. The molecule has 6 heteroatoms. The second kappa shape index (κ2) is 8.95. The Morgan fingerprint density at radius 3 is 2.24 bits per heavy atom. The molecule has 5 rings (SSSR count). The number of nitrogens with zero attached hydrogens (tertiary/aromatic N) is 4. The van der Waals surface area contributed by atoms with Crippen LogP contribution < -0.4 is 15.1 Å². The van der Waals surface area contributed by atoms with Gasteiger partial charge in [-0.3, -0.25) is 4.98 Å². The van der Waals surface area contributed by atoms with Crippen LogP contribution in [0.3, 0.4) is 0 Å². The van der Waals surface area contributed by atoms with Crippen molar-refractivity contribution in [2.45, 2.75) is 25.9 Å². The summed E-state index contributed by atoms with van der Waals surface area (Å²) in [4.78, 5) is 9.04. The minimum Gasteiger partial charge on any atom is -0.378 e. The van der Waals surface area contributed by atoms with Gasteiger partial charge in [-0.1, -0.05) is 24.3 Å². The number of hydrogen-bond acceptors (Lipinski definition) is 3. The van der Waals surface area contributed by atoms with Crippen LogP contribution in [0.25, 0.3) is 5.69 Å². The van der Waals surface area contributed by atoms with Crippen molar-refractivity contribution in [3.05, 3.63) is 108 Å². The Labute approximate surface area is 206 Å². The van der Waals surface area contributed by atoms with Gasteiger partial charge in [0, 0.05) is 48.7 Å².